The Balaban J connectivity index is 1.76. The largest absolute Gasteiger partial charge is 0.465 e. The summed E-state index contributed by atoms with van der Waals surface area (Å²) < 4.78 is 4.69. The van der Waals surface area contributed by atoms with Crippen LogP contribution in [-0.4, -0.2) is 23.8 Å². The van der Waals surface area contributed by atoms with Gasteiger partial charge in [-0.05, 0) is 29.8 Å². The van der Waals surface area contributed by atoms with Gasteiger partial charge in [-0.2, -0.15) is 0 Å². The van der Waals surface area contributed by atoms with Crippen LogP contribution in [0.4, 0.5) is 0 Å². The minimum absolute atomic E-state index is 0.282. The van der Waals surface area contributed by atoms with E-state index in [0.29, 0.717) is 11.3 Å². The average molecular weight is 346 g/mol. The van der Waals surface area contributed by atoms with E-state index in [1.54, 1.807) is 18.3 Å². The predicted octanol–water partition coefficient (Wildman–Crippen LogP) is 3.84. The number of benzene rings is 2. The number of hydrogen-bond donors (Lipinski definition) is 0. The van der Waals surface area contributed by atoms with Crippen LogP contribution in [0.25, 0.3) is 0 Å². The SMILES string of the molecule is COC(=O)c1ccc(CO/N=C(\c2ccccc2)c2ccccn2)cc1. The normalized spacial score (nSPS) is 11.0. The molecule has 0 aliphatic carbocycles. The molecule has 5 nitrogen and oxygen atoms in total. The van der Waals surface area contributed by atoms with Crippen LogP contribution in [0.15, 0.2) is 84.1 Å². The molecular formula is C21H18N2O3. The highest BCUT2D eigenvalue weighted by Crippen LogP contribution is 2.11. The third-order valence-corrected chi connectivity index (χ3v) is 3.72. The smallest absolute Gasteiger partial charge is 0.337 e. The number of carbonyl (C=O) groups is 1. The van der Waals surface area contributed by atoms with Crippen molar-refractivity contribution in [3.05, 3.63) is 101 Å². The van der Waals surface area contributed by atoms with E-state index in [9.17, 15) is 4.79 Å². The Labute approximate surface area is 151 Å². The molecule has 3 aromatic rings. The highest BCUT2D eigenvalue weighted by Gasteiger charge is 2.09. The second-order valence-electron chi connectivity index (χ2n) is 5.48. The minimum atomic E-state index is -0.364. The molecule has 0 atom stereocenters. The maximum atomic E-state index is 11.5. The first-order valence-electron chi connectivity index (χ1n) is 8.12. The van der Waals surface area contributed by atoms with Gasteiger partial charge < -0.3 is 9.57 Å². The maximum Gasteiger partial charge on any atom is 0.337 e. The molecule has 0 amide bonds. The molecule has 0 saturated heterocycles. The molecule has 0 aliphatic heterocycles. The van der Waals surface area contributed by atoms with Gasteiger partial charge in [0, 0.05) is 11.8 Å². The van der Waals surface area contributed by atoms with Gasteiger partial charge in [0.15, 0.2) is 0 Å². The number of pyridine rings is 1. The van der Waals surface area contributed by atoms with Crippen LogP contribution in [0.1, 0.15) is 27.2 Å². The zero-order valence-electron chi connectivity index (χ0n) is 14.3. The van der Waals surface area contributed by atoms with Crippen LogP contribution in [-0.2, 0) is 16.2 Å². The first kappa shape index (κ1) is 17.4. The number of hydrogen-bond acceptors (Lipinski definition) is 5. The number of aromatic nitrogens is 1. The fourth-order valence-corrected chi connectivity index (χ4v) is 2.37. The van der Waals surface area contributed by atoms with Crippen molar-refractivity contribution in [2.45, 2.75) is 6.61 Å². The van der Waals surface area contributed by atoms with Crippen LogP contribution in [0, 0.1) is 0 Å². The molecular weight excluding hydrogens is 328 g/mol. The van der Waals surface area contributed by atoms with E-state index in [-0.39, 0.29) is 12.6 Å². The Morgan fingerprint density at radius 3 is 2.31 bits per heavy atom. The molecule has 0 spiro atoms. The van der Waals surface area contributed by atoms with E-state index >= 15 is 0 Å². The lowest BCUT2D eigenvalue weighted by molar-refractivity contribution is 0.0600. The molecule has 0 N–H and O–H groups in total. The monoisotopic (exact) mass is 346 g/mol. The van der Waals surface area contributed by atoms with Gasteiger partial charge in [-0.15, -0.1) is 0 Å². The van der Waals surface area contributed by atoms with E-state index in [4.69, 9.17) is 4.84 Å². The van der Waals surface area contributed by atoms with Crippen molar-refractivity contribution in [2.75, 3.05) is 7.11 Å². The van der Waals surface area contributed by atoms with E-state index in [0.717, 1.165) is 16.8 Å². The van der Waals surface area contributed by atoms with Gasteiger partial charge in [0.2, 0.25) is 0 Å². The first-order chi connectivity index (χ1) is 12.8. The third kappa shape index (κ3) is 4.33. The summed E-state index contributed by atoms with van der Waals surface area (Å²) in [6.07, 6.45) is 1.72. The van der Waals surface area contributed by atoms with Crippen LogP contribution >= 0.6 is 0 Å². The summed E-state index contributed by atoms with van der Waals surface area (Å²) in [5.74, 6) is -0.364. The minimum Gasteiger partial charge on any atom is -0.465 e. The zero-order chi connectivity index (χ0) is 18.2. The number of methoxy groups -OCH3 is 1. The van der Waals surface area contributed by atoms with E-state index in [2.05, 4.69) is 14.9 Å². The number of nitrogens with zero attached hydrogens (tertiary/aromatic N) is 2. The average Bonchev–Trinajstić information content (AvgIpc) is 2.72. The Morgan fingerprint density at radius 2 is 1.65 bits per heavy atom. The van der Waals surface area contributed by atoms with Crippen molar-refractivity contribution in [1.82, 2.24) is 4.98 Å². The fraction of sp³-hybridized carbons (Fsp3) is 0.0952. The number of rotatable bonds is 6. The standard InChI is InChI=1S/C21H18N2O3/c1-25-21(24)18-12-10-16(11-13-18)15-26-23-20(17-7-3-2-4-8-17)19-9-5-6-14-22-19/h2-14H,15H2,1H3/b23-20+. The maximum absolute atomic E-state index is 11.5. The second-order valence-corrected chi connectivity index (χ2v) is 5.48. The lowest BCUT2D eigenvalue weighted by atomic mass is 10.1. The molecule has 0 saturated carbocycles. The molecule has 3 rings (SSSR count). The van der Waals surface area contributed by atoms with Crippen LogP contribution < -0.4 is 0 Å². The molecule has 0 radical (unpaired) electrons. The zero-order valence-corrected chi connectivity index (χ0v) is 14.3. The quantitative estimate of drug-likeness (QED) is 0.386. The van der Waals surface area contributed by atoms with Crippen molar-refractivity contribution in [2.24, 2.45) is 5.16 Å². The van der Waals surface area contributed by atoms with Gasteiger partial charge in [0.1, 0.15) is 12.3 Å². The van der Waals surface area contributed by atoms with Gasteiger partial charge in [-0.3, -0.25) is 4.98 Å². The lowest BCUT2D eigenvalue weighted by Gasteiger charge is -2.07. The topological polar surface area (TPSA) is 60.8 Å². The van der Waals surface area contributed by atoms with Crippen LogP contribution in [0.2, 0.25) is 0 Å². The van der Waals surface area contributed by atoms with Crippen molar-refractivity contribution in [3.63, 3.8) is 0 Å². The summed E-state index contributed by atoms with van der Waals surface area (Å²) in [6, 6.07) is 22.4. The Bertz CT molecular complexity index is 835. The predicted molar refractivity (Wildman–Crippen MR) is 98.9 cm³/mol. The summed E-state index contributed by atoms with van der Waals surface area (Å²) >= 11 is 0. The van der Waals surface area contributed by atoms with Gasteiger partial charge >= 0.3 is 5.97 Å². The molecule has 0 aliphatic rings. The molecule has 0 bridgehead atoms. The molecule has 130 valence electrons. The van der Waals surface area contributed by atoms with Crippen molar-refractivity contribution in [1.29, 1.82) is 0 Å². The summed E-state index contributed by atoms with van der Waals surface area (Å²) in [5, 5.41) is 4.30. The van der Waals surface area contributed by atoms with Crippen LogP contribution in [0.5, 0.6) is 0 Å². The molecule has 0 fully saturated rings. The first-order valence-corrected chi connectivity index (χ1v) is 8.12. The Kier molecular flexibility index (Phi) is 5.72. The highest BCUT2D eigenvalue weighted by molar-refractivity contribution is 6.11. The number of ether oxygens (including phenoxy) is 1. The lowest BCUT2D eigenvalue weighted by Crippen LogP contribution is -2.06. The van der Waals surface area contributed by atoms with Crippen molar-refractivity contribution in [3.8, 4) is 0 Å². The molecule has 1 heterocycles. The van der Waals surface area contributed by atoms with E-state index in [1.165, 1.54) is 7.11 Å². The fourth-order valence-electron chi connectivity index (χ4n) is 2.37. The van der Waals surface area contributed by atoms with E-state index < -0.39 is 0 Å². The Hall–Kier alpha value is -3.47. The molecule has 0 unspecified atom stereocenters. The summed E-state index contributed by atoms with van der Waals surface area (Å²) in [6.45, 7) is 0.282. The van der Waals surface area contributed by atoms with Gasteiger partial charge in [0.05, 0.1) is 18.4 Å². The van der Waals surface area contributed by atoms with Crippen molar-refractivity contribution >= 4 is 11.7 Å². The molecule has 26 heavy (non-hydrogen) atoms. The van der Waals surface area contributed by atoms with Crippen molar-refractivity contribution < 1.29 is 14.4 Å². The molecule has 1 aromatic heterocycles. The van der Waals surface area contributed by atoms with Crippen LogP contribution in [0.3, 0.4) is 0 Å². The number of carbonyl (C=O) groups excluding carboxylic acids is 1. The molecule has 5 heteroatoms. The second kappa shape index (κ2) is 8.58. The summed E-state index contributed by atoms with van der Waals surface area (Å²) in [5.41, 5.74) is 3.72. The third-order valence-electron chi connectivity index (χ3n) is 3.72. The van der Waals surface area contributed by atoms with Gasteiger partial charge in [0.25, 0.3) is 0 Å². The summed E-state index contributed by atoms with van der Waals surface area (Å²) in [7, 11) is 1.36. The van der Waals surface area contributed by atoms with Gasteiger partial charge in [-0.1, -0.05) is 53.7 Å². The number of esters is 1. The Morgan fingerprint density at radius 1 is 0.923 bits per heavy atom. The number of oxime groups is 1. The summed E-state index contributed by atoms with van der Waals surface area (Å²) in [4.78, 5) is 21.4. The highest BCUT2D eigenvalue weighted by atomic mass is 16.6. The van der Waals surface area contributed by atoms with Gasteiger partial charge in [-0.25, -0.2) is 4.79 Å². The van der Waals surface area contributed by atoms with E-state index in [1.807, 2.05) is 60.7 Å². The molecule has 2 aromatic carbocycles.